The number of hydrogen-bond donors (Lipinski definition) is 2. The maximum absolute atomic E-state index is 12.4. The Labute approximate surface area is 161 Å². The van der Waals surface area contributed by atoms with Gasteiger partial charge >= 0.3 is 0 Å². The van der Waals surface area contributed by atoms with Crippen molar-refractivity contribution in [2.24, 2.45) is 0 Å². The van der Waals surface area contributed by atoms with Gasteiger partial charge in [-0.05, 0) is 68.5 Å². The molecule has 2 aromatic rings. The van der Waals surface area contributed by atoms with Crippen molar-refractivity contribution in [2.75, 3.05) is 29.1 Å². The van der Waals surface area contributed by atoms with E-state index in [1.54, 1.807) is 0 Å². The molecule has 1 fully saturated rings. The first-order chi connectivity index (χ1) is 13.1. The lowest BCUT2D eigenvalue weighted by Crippen LogP contribution is -2.38. The quantitative estimate of drug-likeness (QED) is 0.750. The van der Waals surface area contributed by atoms with Crippen LogP contribution in [0.2, 0.25) is 0 Å². The molecule has 1 aliphatic rings. The number of carbonyl (C=O) groups excluding carboxylic acids is 1. The molecular weight excluding hydrogens is 338 g/mol. The van der Waals surface area contributed by atoms with Gasteiger partial charge in [0.15, 0.2) is 6.61 Å². The summed E-state index contributed by atoms with van der Waals surface area (Å²) in [5.41, 5.74) is 9.61. The fourth-order valence-electron chi connectivity index (χ4n) is 3.52. The number of carbonyl (C=O) groups is 1. The Hall–Kier alpha value is -2.69. The maximum Gasteiger partial charge on any atom is 0.262 e. The standard InChI is InChI=1S/C22H29N3O2/c1-3-17-7-10-19(11-8-17)27-15-22(26)24-20-14-18(23)9-12-21(20)25-13-5-4-6-16(25)2/h7-12,14,16H,3-6,13,15,23H2,1-2H3,(H,24,26)/t16-/m0/s1. The van der Waals surface area contributed by atoms with Crippen molar-refractivity contribution >= 4 is 23.0 Å². The highest BCUT2D eigenvalue weighted by atomic mass is 16.5. The molecule has 1 aliphatic heterocycles. The summed E-state index contributed by atoms with van der Waals surface area (Å²) < 4.78 is 5.62. The maximum atomic E-state index is 12.4. The van der Waals surface area contributed by atoms with E-state index < -0.39 is 0 Å². The second-order valence-electron chi connectivity index (χ2n) is 7.15. The van der Waals surface area contributed by atoms with Crippen LogP contribution in [0.25, 0.3) is 0 Å². The van der Waals surface area contributed by atoms with E-state index in [0.29, 0.717) is 17.5 Å². The molecule has 0 bridgehead atoms. The van der Waals surface area contributed by atoms with Gasteiger partial charge < -0.3 is 20.7 Å². The molecule has 144 valence electrons. The molecule has 0 unspecified atom stereocenters. The summed E-state index contributed by atoms with van der Waals surface area (Å²) >= 11 is 0. The predicted molar refractivity (Wildman–Crippen MR) is 111 cm³/mol. The first kappa shape index (κ1) is 19.1. The third-order valence-electron chi connectivity index (χ3n) is 5.11. The highest BCUT2D eigenvalue weighted by Gasteiger charge is 2.21. The Kier molecular flexibility index (Phi) is 6.22. The number of piperidine rings is 1. The van der Waals surface area contributed by atoms with Crippen LogP contribution in [-0.4, -0.2) is 25.1 Å². The monoisotopic (exact) mass is 367 g/mol. The number of nitrogens with two attached hydrogens (primary N) is 1. The van der Waals surface area contributed by atoms with E-state index in [0.717, 1.165) is 30.8 Å². The van der Waals surface area contributed by atoms with Crippen LogP contribution in [0.3, 0.4) is 0 Å². The Morgan fingerprint density at radius 1 is 1.22 bits per heavy atom. The second-order valence-corrected chi connectivity index (χ2v) is 7.15. The summed E-state index contributed by atoms with van der Waals surface area (Å²) in [6, 6.07) is 14.0. The predicted octanol–water partition coefficient (Wildman–Crippen LogP) is 4.23. The van der Waals surface area contributed by atoms with Crippen molar-refractivity contribution in [3.8, 4) is 5.75 Å². The third-order valence-corrected chi connectivity index (χ3v) is 5.11. The van der Waals surface area contributed by atoms with Crippen LogP contribution in [-0.2, 0) is 11.2 Å². The van der Waals surface area contributed by atoms with Gasteiger partial charge in [-0.1, -0.05) is 19.1 Å². The minimum absolute atomic E-state index is 0.0325. The van der Waals surface area contributed by atoms with Gasteiger partial charge in [-0.3, -0.25) is 4.79 Å². The van der Waals surface area contributed by atoms with Gasteiger partial charge in [0.1, 0.15) is 5.75 Å². The van der Waals surface area contributed by atoms with Crippen molar-refractivity contribution in [2.45, 2.75) is 45.6 Å². The van der Waals surface area contributed by atoms with Gasteiger partial charge in [0.05, 0.1) is 11.4 Å². The number of hydrogen-bond acceptors (Lipinski definition) is 4. The van der Waals surface area contributed by atoms with Crippen LogP contribution in [0.1, 0.15) is 38.7 Å². The number of aryl methyl sites for hydroxylation is 1. The van der Waals surface area contributed by atoms with Crippen molar-refractivity contribution in [3.05, 3.63) is 48.0 Å². The van der Waals surface area contributed by atoms with Gasteiger partial charge in [0.2, 0.25) is 0 Å². The van der Waals surface area contributed by atoms with Gasteiger partial charge in [-0.15, -0.1) is 0 Å². The number of nitrogen functional groups attached to an aromatic ring is 1. The number of benzene rings is 2. The number of nitrogens with zero attached hydrogens (tertiary/aromatic N) is 1. The molecular formula is C22H29N3O2. The van der Waals surface area contributed by atoms with E-state index in [1.165, 1.54) is 18.4 Å². The van der Waals surface area contributed by atoms with Crippen molar-refractivity contribution in [3.63, 3.8) is 0 Å². The average Bonchev–Trinajstić information content (AvgIpc) is 2.68. The first-order valence-corrected chi connectivity index (χ1v) is 9.74. The van der Waals surface area contributed by atoms with Crippen LogP contribution in [0, 0.1) is 0 Å². The van der Waals surface area contributed by atoms with Gasteiger partial charge in [0, 0.05) is 18.3 Å². The van der Waals surface area contributed by atoms with Crippen LogP contribution >= 0.6 is 0 Å². The second kappa shape index (κ2) is 8.80. The zero-order chi connectivity index (χ0) is 19.2. The lowest BCUT2D eigenvalue weighted by atomic mass is 10.0. The van der Waals surface area contributed by atoms with Crippen LogP contribution < -0.4 is 20.7 Å². The fraction of sp³-hybridized carbons (Fsp3) is 0.409. The first-order valence-electron chi connectivity index (χ1n) is 9.74. The van der Waals surface area contributed by atoms with Crippen molar-refractivity contribution in [1.82, 2.24) is 0 Å². The lowest BCUT2D eigenvalue weighted by molar-refractivity contribution is -0.118. The normalized spacial score (nSPS) is 16.8. The molecule has 2 aromatic carbocycles. The largest absolute Gasteiger partial charge is 0.484 e. The third kappa shape index (κ3) is 4.94. The van der Waals surface area contributed by atoms with Crippen molar-refractivity contribution < 1.29 is 9.53 Å². The van der Waals surface area contributed by atoms with Crippen LogP contribution in [0.5, 0.6) is 5.75 Å². The van der Waals surface area contributed by atoms with E-state index in [4.69, 9.17) is 10.5 Å². The molecule has 1 amide bonds. The van der Waals surface area contributed by atoms with E-state index in [1.807, 2.05) is 42.5 Å². The SMILES string of the molecule is CCc1ccc(OCC(=O)Nc2cc(N)ccc2N2CCCC[C@@H]2C)cc1. The minimum atomic E-state index is -0.189. The number of ether oxygens (including phenoxy) is 1. The molecule has 3 rings (SSSR count). The zero-order valence-electron chi connectivity index (χ0n) is 16.2. The van der Waals surface area contributed by atoms with Crippen LogP contribution in [0.15, 0.2) is 42.5 Å². The fourth-order valence-corrected chi connectivity index (χ4v) is 3.52. The van der Waals surface area contributed by atoms with Gasteiger partial charge in [0.25, 0.3) is 5.91 Å². The number of rotatable bonds is 6. The molecule has 1 heterocycles. The molecule has 0 spiro atoms. The highest BCUT2D eigenvalue weighted by Crippen LogP contribution is 2.33. The van der Waals surface area contributed by atoms with E-state index in [9.17, 15) is 4.79 Å². The summed E-state index contributed by atoms with van der Waals surface area (Å²) in [6.07, 6.45) is 4.56. The summed E-state index contributed by atoms with van der Waals surface area (Å²) in [7, 11) is 0. The lowest BCUT2D eigenvalue weighted by Gasteiger charge is -2.36. The zero-order valence-corrected chi connectivity index (χ0v) is 16.2. The smallest absolute Gasteiger partial charge is 0.262 e. The summed E-state index contributed by atoms with van der Waals surface area (Å²) in [5.74, 6) is 0.505. The molecule has 0 saturated carbocycles. The van der Waals surface area contributed by atoms with E-state index in [-0.39, 0.29) is 12.5 Å². The topological polar surface area (TPSA) is 67.6 Å². The molecule has 5 heteroatoms. The van der Waals surface area contributed by atoms with E-state index >= 15 is 0 Å². The summed E-state index contributed by atoms with van der Waals surface area (Å²) in [4.78, 5) is 14.8. The van der Waals surface area contributed by atoms with Gasteiger partial charge in [-0.2, -0.15) is 0 Å². The van der Waals surface area contributed by atoms with Crippen LogP contribution in [0.4, 0.5) is 17.1 Å². The molecule has 0 radical (unpaired) electrons. The molecule has 27 heavy (non-hydrogen) atoms. The summed E-state index contributed by atoms with van der Waals surface area (Å²) in [5, 5.41) is 2.98. The van der Waals surface area contributed by atoms with Crippen molar-refractivity contribution in [1.29, 1.82) is 0 Å². The number of anilines is 3. The van der Waals surface area contributed by atoms with E-state index in [2.05, 4.69) is 24.1 Å². The van der Waals surface area contributed by atoms with Gasteiger partial charge in [-0.25, -0.2) is 0 Å². The minimum Gasteiger partial charge on any atom is -0.484 e. The molecule has 1 saturated heterocycles. The summed E-state index contributed by atoms with van der Waals surface area (Å²) in [6.45, 7) is 5.29. The Morgan fingerprint density at radius 2 is 2.00 bits per heavy atom. The molecule has 0 aliphatic carbocycles. The Morgan fingerprint density at radius 3 is 2.70 bits per heavy atom. The molecule has 0 aromatic heterocycles. The molecule has 3 N–H and O–H groups in total. The molecule has 1 atom stereocenters. The molecule has 5 nitrogen and oxygen atoms in total. The Bertz CT molecular complexity index is 774. The Balaban J connectivity index is 1.66. The average molecular weight is 367 g/mol. The highest BCUT2D eigenvalue weighted by molar-refractivity contribution is 5.96. The number of amides is 1. The number of nitrogens with one attached hydrogen (secondary N) is 1.